The van der Waals surface area contributed by atoms with Crippen LogP contribution in [0.3, 0.4) is 0 Å². The number of hydrogen-bond donors (Lipinski definition) is 2. The molecular weight excluding hydrogens is 400 g/mol. The van der Waals surface area contributed by atoms with Crippen molar-refractivity contribution < 1.29 is 14.6 Å². The molecule has 1 amide bonds. The highest BCUT2D eigenvalue weighted by Gasteiger charge is 2.31. The van der Waals surface area contributed by atoms with Crippen molar-refractivity contribution in [3.05, 3.63) is 107 Å². The largest absolute Gasteiger partial charge is 0.445 e. The molecule has 0 saturated heterocycles. The first-order chi connectivity index (χ1) is 15.7. The van der Waals surface area contributed by atoms with Crippen LogP contribution in [0.15, 0.2) is 84.9 Å². The summed E-state index contributed by atoms with van der Waals surface area (Å²) in [6.07, 6.45) is 0.608. The van der Waals surface area contributed by atoms with Gasteiger partial charge in [0.05, 0.1) is 12.1 Å². The number of carbonyl (C=O) groups excluding carboxylic acids is 1. The van der Waals surface area contributed by atoms with Gasteiger partial charge in [0.2, 0.25) is 0 Å². The number of fused-ring (bicyclic) bond motifs is 1. The fraction of sp³-hybridized carbons (Fsp3) is 0.296. The lowest BCUT2D eigenvalue weighted by atomic mass is 9.92. The van der Waals surface area contributed by atoms with Gasteiger partial charge in [-0.15, -0.1) is 0 Å². The number of carbonyl (C=O) groups is 1. The molecule has 1 aliphatic rings. The Morgan fingerprint density at radius 3 is 2.38 bits per heavy atom. The van der Waals surface area contributed by atoms with Crippen LogP contribution in [-0.2, 0) is 24.2 Å². The first-order valence-electron chi connectivity index (χ1n) is 11.2. The second-order valence-corrected chi connectivity index (χ2v) is 8.20. The smallest absolute Gasteiger partial charge is 0.410 e. The molecule has 2 N–H and O–H groups in total. The highest BCUT2D eigenvalue weighted by molar-refractivity contribution is 5.69. The van der Waals surface area contributed by atoms with E-state index in [-0.39, 0.29) is 18.7 Å². The van der Waals surface area contributed by atoms with Crippen molar-refractivity contribution >= 4 is 6.09 Å². The predicted octanol–water partition coefficient (Wildman–Crippen LogP) is 4.12. The minimum atomic E-state index is -0.491. The van der Waals surface area contributed by atoms with E-state index in [2.05, 4.69) is 17.4 Å². The van der Waals surface area contributed by atoms with Gasteiger partial charge in [-0.2, -0.15) is 0 Å². The Balaban J connectivity index is 1.38. The lowest BCUT2D eigenvalue weighted by Gasteiger charge is -2.37. The quantitative estimate of drug-likeness (QED) is 0.565. The van der Waals surface area contributed by atoms with Gasteiger partial charge < -0.3 is 15.2 Å². The fourth-order valence-electron chi connectivity index (χ4n) is 4.24. The third-order valence-electron chi connectivity index (χ3n) is 5.88. The third kappa shape index (κ3) is 5.75. The summed E-state index contributed by atoms with van der Waals surface area (Å²) in [6.45, 7) is 1.89. The number of nitrogens with one attached hydrogen (secondary N) is 1. The zero-order valence-corrected chi connectivity index (χ0v) is 18.2. The van der Waals surface area contributed by atoms with E-state index in [4.69, 9.17) is 4.74 Å². The van der Waals surface area contributed by atoms with E-state index in [0.29, 0.717) is 26.1 Å². The molecule has 5 heteroatoms. The van der Waals surface area contributed by atoms with Crippen molar-refractivity contribution in [1.82, 2.24) is 10.2 Å². The lowest BCUT2D eigenvalue weighted by Crippen LogP contribution is -2.45. The van der Waals surface area contributed by atoms with E-state index in [1.54, 1.807) is 0 Å². The molecule has 1 unspecified atom stereocenters. The number of benzene rings is 3. The molecule has 166 valence electrons. The zero-order chi connectivity index (χ0) is 22.2. The number of rotatable bonds is 8. The Kier molecular flexibility index (Phi) is 7.54. The molecule has 0 fully saturated rings. The number of aliphatic hydroxyl groups excluding tert-OH is 1. The minimum Gasteiger partial charge on any atom is -0.445 e. The van der Waals surface area contributed by atoms with Crippen molar-refractivity contribution in [3.63, 3.8) is 0 Å². The molecular formula is C27H30N2O3. The van der Waals surface area contributed by atoms with Crippen LogP contribution in [0.2, 0.25) is 0 Å². The Morgan fingerprint density at radius 2 is 1.62 bits per heavy atom. The molecule has 5 nitrogen and oxygen atoms in total. The summed E-state index contributed by atoms with van der Waals surface area (Å²) in [6, 6.07) is 27.8. The molecule has 0 aromatic heterocycles. The van der Waals surface area contributed by atoms with Crippen molar-refractivity contribution in [2.45, 2.75) is 31.6 Å². The summed E-state index contributed by atoms with van der Waals surface area (Å²) in [5.41, 5.74) is 4.48. The van der Waals surface area contributed by atoms with E-state index >= 15 is 0 Å². The van der Waals surface area contributed by atoms with Crippen LogP contribution < -0.4 is 5.32 Å². The summed E-state index contributed by atoms with van der Waals surface area (Å²) >= 11 is 0. The molecule has 0 bridgehead atoms. The maximum absolute atomic E-state index is 13.0. The maximum atomic E-state index is 13.0. The average Bonchev–Trinajstić information content (AvgIpc) is 2.84. The molecule has 0 radical (unpaired) electrons. The van der Waals surface area contributed by atoms with Crippen molar-refractivity contribution in [3.8, 4) is 0 Å². The van der Waals surface area contributed by atoms with Gasteiger partial charge in [0, 0.05) is 19.6 Å². The molecule has 2 atom stereocenters. The average molecular weight is 431 g/mol. The molecule has 1 heterocycles. The Bertz CT molecular complexity index is 994. The Labute approximate surface area is 189 Å². The summed E-state index contributed by atoms with van der Waals surface area (Å²) in [7, 11) is 0. The predicted molar refractivity (Wildman–Crippen MR) is 125 cm³/mol. The number of hydrogen-bond acceptors (Lipinski definition) is 4. The molecule has 0 aliphatic carbocycles. The van der Waals surface area contributed by atoms with Crippen LogP contribution in [0.4, 0.5) is 4.79 Å². The van der Waals surface area contributed by atoms with Crippen LogP contribution >= 0.6 is 0 Å². The van der Waals surface area contributed by atoms with Gasteiger partial charge in [-0.25, -0.2) is 4.79 Å². The van der Waals surface area contributed by atoms with Crippen LogP contribution in [0, 0.1) is 0 Å². The van der Waals surface area contributed by atoms with Gasteiger partial charge in [-0.1, -0.05) is 84.9 Å². The highest BCUT2D eigenvalue weighted by Crippen LogP contribution is 2.30. The van der Waals surface area contributed by atoms with Crippen LogP contribution in [-0.4, -0.2) is 41.8 Å². The Hall–Kier alpha value is -3.15. The summed E-state index contributed by atoms with van der Waals surface area (Å²) in [4.78, 5) is 14.8. The van der Waals surface area contributed by atoms with Gasteiger partial charge in [0.25, 0.3) is 0 Å². The molecule has 3 aromatic carbocycles. The molecule has 32 heavy (non-hydrogen) atoms. The van der Waals surface area contributed by atoms with Gasteiger partial charge >= 0.3 is 6.09 Å². The molecule has 3 aromatic rings. The number of aliphatic hydroxyl groups is 1. The second kappa shape index (κ2) is 10.9. The van der Waals surface area contributed by atoms with Crippen molar-refractivity contribution in [1.29, 1.82) is 0 Å². The van der Waals surface area contributed by atoms with Crippen LogP contribution in [0.5, 0.6) is 0 Å². The number of nitrogens with zero attached hydrogens (tertiary/aromatic N) is 1. The first-order valence-corrected chi connectivity index (χ1v) is 11.2. The normalized spacial score (nSPS) is 16.3. The minimum absolute atomic E-state index is 0.132. The van der Waals surface area contributed by atoms with Gasteiger partial charge in [-0.05, 0) is 35.1 Å². The van der Waals surface area contributed by atoms with E-state index in [0.717, 1.165) is 23.1 Å². The monoisotopic (exact) mass is 430 g/mol. The standard InChI is InChI=1S/C27H30N2O3/c30-24(17-21-9-3-1-4-10-21)18-28-19-26-25-14-8-7-13-23(25)15-16-29(26)27(31)32-20-22-11-5-2-6-12-22/h1-14,24,26,28,30H,15-20H2/t24-,26?/m1/s1. The SMILES string of the molecule is O=C(OCc1ccccc1)N1CCc2ccccc2C1CNC[C@H](O)Cc1ccccc1. The second-order valence-electron chi connectivity index (χ2n) is 8.20. The van der Waals surface area contributed by atoms with Crippen molar-refractivity contribution in [2.24, 2.45) is 0 Å². The Morgan fingerprint density at radius 1 is 0.969 bits per heavy atom. The molecule has 4 rings (SSSR count). The summed E-state index contributed by atoms with van der Waals surface area (Å²) in [5, 5.41) is 13.8. The fourth-order valence-corrected chi connectivity index (χ4v) is 4.24. The maximum Gasteiger partial charge on any atom is 0.410 e. The van der Waals surface area contributed by atoms with E-state index in [9.17, 15) is 9.90 Å². The van der Waals surface area contributed by atoms with Gasteiger partial charge in [-0.3, -0.25) is 4.90 Å². The van der Waals surface area contributed by atoms with E-state index in [1.807, 2.05) is 77.7 Å². The van der Waals surface area contributed by atoms with E-state index < -0.39 is 6.10 Å². The first kappa shape index (κ1) is 22.1. The molecule has 1 aliphatic heterocycles. The van der Waals surface area contributed by atoms with Crippen molar-refractivity contribution in [2.75, 3.05) is 19.6 Å². The topological polar surface area (TPSA) is 61.8 Å². The zero-order valence-electron chi connectivity index (χ0n) is 18.2. The summed E-state index contributed by atoms with van der Waals surface area (Å²) < 4.78 is 5.63. The van der Waals surface area contributed by atoms with E-state index in [1.165, 1.54) is 5.56 Å². The molecule has 0 spiro atoms. The van der Waals surface area contributed by atoms with Gasteiger partial charge in [0.15, 0.2) is 0 Å². The third-order valence-corrected chi connectivity index (χ3v) is 5.88. The van der Waals surface area contributed by atoms with Crippen LogP contribution in [0.25, 0.3) is 0 Å². The number of amides is 1. The van der Waals surface area contributed by atoms with Gasteiger partial charge in [0.1, 0.15) is 6.61 Å². The summed E-state index contributed by atoms with van der Waals surface area (Å²) in [5.74, 6) is 0. The molecule has 0 saturated carbocycles. The highest BCUT2D eigenvalue weighted by atomic mass is 16.6. The number of ether oxygens (including phenoxy) is 1. The lowest BCUT2D eigenvalue weighted by molar-refractivity contribution is 0.0756. The van der Waals surface area contributed by atoms with Crippen LogP contribution in [0.1, 0.15) is 28.3 Å².